The van der Waals surface area contributed by atoms with Gasteiger partial charge in [0, 0.05) is 18.3 Å². The lowest BCUT2D eigenvalue weighted by Gasteiger charge is -2.25. The van der Waals surface area contributed by atoms with Gasteiger partial charge >= 0.3 is 0 Å². The first-order valence-electron chi connectivity index (χ1n) is 5.02. The highest BCUT2D eigenvalue weighted by Gasteiger charge is 2.20. The van der Waals surface area contributed by atoms with Crippen LogP contribution in [0, 0.1) is 0 Å². The van der Waals surface area contributed by atoms with Gasteiger partial charge in [-0.15, -0.1) is 0 Å². The lowest BCUT2D eigenvalue weighted by Crippen LogP contribution is -2.44. The quantitative estimate of drug-likeness (QED) is 0.702. The van der Waals surface area contributed by atoms with Gasteiger partial charge in [0.2, 0.25) is 0 Å². The third-order valence-electron chi connectivity index (χ3n) is 2.17. The van der Waals surface area contributed by atoms with Gasteiger partial charge in [-0.1, -0.05) is 0 Å². The normalized spacial score (nSPS) is 11.2. The number of hydrogen-bond donors (Lipinski definition) is 3. The van der Waals surface area contributed by atoms with Gasteiger partial charge < -0.3 is 15.5 Å². The summed E-state index contributed by atoms with van der Waals surface area (Å²) >= 11 is 0. The lowest BCUT2D eigenvalue weighted by atomic mass is 10.0. The Hall–Kier alpha value is -1.62. The van der Waals surface area contributed by atoms with Crippen molar-refractivity contribution in [2.75, 3.05) is 6.61 Å². The molecule has 0 aromatic carbocycles. The Morgan fingerprint density at radius 3 is 2.75 bits per heavy atom. The third-order valence-corrected chi connectivity index (χ3v) is 2.17. The molecule has 0 saturated carbocycles. The van der Waals surface area contributed by atoms with Crippen LogP contribution in [-0.4, -0.2) is 33.3 Å². The largest absolute Gasteiger partial charge is 0.506 e. The van der Waals surface area contributed by atoms with E-state index in [1.165, 1.54) is 18.5 Å². The molecule has 0 bridgehead atoms. The number of pyridine rings is 1. The number of carbonyl (C=O) groups is 1. The smallest absolute Gasteiger partial charge is 0.253 e. The summed E-state index contributed by atoms with van der Waals surface area (Å²) in [4.78, 5) is 15.5. The van der Waals surface area contributed by atoms with Gasteiger partial charge in [-0.25, -0.2) is 0 Å². The zero-order valence-corrected chi connectivity index (χ0v) is 9.40. The van der Waals surface area contributed by atoms with E-state index in [9.17, 15) is 9.90 Å². The minimum Gasteiger partial charge on any atom is -0.506 e. The van der Waals surface area contributed by atoms with Crippen LogP contribution >= 0.6 is 0 Å². The number of amides is 1. The topological polar surface area (TPSA) is 82.5 Å². The predicted octanol–water partition coefficient (Wildman–Crippen LogP) is 0.678. The summed E-state index contributed by atoms with van der Waals surface area (Å²) in [5, 5.41) is 20.8. The van der Waals surface area contributed by atoms with Crippen LogP contribution in [0.5, 0.6) is 5.75 Å². The van der Waals surface area contributed by atoms with E-state index in [2.05, 4.69) is 10.3 Å². The standard InChI is InChI=1S/C11H16N2O3/c1-11(2,3-4-14)13-10(16)8-5-9(15)7-12-6-8/h5-7,14-15H,3-4H2,1-2H3,(H,13,16). The van der Waals surface area contributed by atoms with Crippen molar-refractivity contribution >= 4 is 5.91 Å². The first-order chi connectivity index (χ1) is 7.44. The fraction of sp³-hybridized carbons (Fsp3) is 0.455. The molecule has 3 N–H and O–H groups in total. The molecule has 1 aromatic rings. The predicted molar refractivity (Wildman–Crippen MR) is 59.1 cm³/mol. The highest BCUT2D eigenvalue weighted by atomic mass is 16.3. The van der Waals surface area contributed by atoms with Crippen molar-refractivity contribution in [3.8, 4) is 5.75 Å². The summed E-state index contributed by atoms with van der Waals surface area (Å²) in [5.41, 5.74) is -0.192. The second-order valence-electron chi connectivity index (χ2n) is 4.24. The van der Waals surface area contributed by atoms with Crippen molar-refractivity contribution in [2.24, 2.45) is 0 Å². The van der Waals surface area contributed by atoms with Crippen LogP contribution in [-0.2, 0) is 0 Å². The number of aromatic hydroxyl groups is 1. The van der Waals surface area contributed by atoms with Crippen molar-refractivity contribution in [3.63, 3.8) is 0 Å². The van der Waals surface area contributed by atoms with Gasteiger partial charge in [0.05, 0.1) is 11.8 Å². The van der Waals surface area contributed by atoms with Crippen molar-refractivity contribution in [1.82, 2.24) is 10.3 Å². The monoisotopic (exact) mass is 224 g/mol. The molecule has 0 aliphatic carbocycles. The SMILES string of the molecule is CC(C)(CCO)NC(=O)c1cncc(O)c1. The number of aliphatic hydroxyl groups excluding tert-OH is 1. The highest BCUT2D eigenvalue weighted by molar-refractivity contribution is 5.94. The van der Waals surface area contributed by atoms with E-state index >= 15 is 0 Å². The van der Waals surface area contributed by atoms with Gasteiger partial charge in [0.1, 0.15) is 5.75 Å². The van der Waals surface area contributed by atoms with Crippen LogP contribution in [0.4, 0.5) is 0 Å². The Morgan fingerprint density at radius 1 is 1.50 bits per heavy atom. The minimum atomic E-state index is -0.489. The molecule has 0 saturated heterocycles. The van der Waals surface area contributed by atoms with E-state index < -0.39 is 5.54 Å². The van der Waals surface area contributed by atoms with Gasteiger partial charge in [-0.05, 0) is 26.3 Å². The molecule has 0 unspecified atom stereocenters. The molecule has 5 nitrogen and oxygen atoms in total. The van der Waals surface area contributed by atoms with Gasteiger partial charge in [0.15, 0.2) is 0 Å². The van der Waals surface area contributed by atoms with Crippen LogP contribution in [0.25, 0.3) is 0 Å². The second kappa shape index (κ2) is 4.94. The molecular formula is C11H16N2O3. The van der Waals surface area contributed by atoms with Crippen LogP contribution < -0.4 is 5.32 Å². The molecule has 1 aromatic heterocycles. The highest BCUT2D eigenvalue weighted by Crippen LogP contribution is 2.12. The molecule has 1 rings (SSSR count). The number of aromatic nitrogens is 1. The fourth-order valence-electron chi connectivity index (χ4n) is 1.27. The molecule has 5 heteroatoms. The van der Waals surface area contributed by atoms with E-state index in [1.807, 2.05) is 13.8 Å². The maximum absolute atomic E-state index is 11.7. The number of aliphatic hydroxyl groups is 1. The lowest BCUT2D eigenvalue weighted by molar-refractivity contribution is 0.0898. The van der Waals surface area contributed by atoms with Gasteiger partial charge in [-0.3, -0.25) is 9.78 Å². The average Bonchev–Trinajstić information content (AvgIpc) is 2.16. The summed E-state index contributed by atoms with van der Waals surface area (Å²) < 4.78 is 0. The van der Waals surface area contributed by atoms with Crippen LogP contribution in [0.1, 0.15) is 30.6 Å². The number of nitrogens with one attached hydrogen (secondary N) is 1. The van der Waals surface area contributed by atoms with Gasteiger partial charge in [0.25, 0.3) is 5.91 Å². The summed E-state index contributed by atoms with van der Waals surface area (Å²) in [6.07, 6.45) is 3.10. The Morgan fingerprint density at radius 2 is 2.19 bits per heavy atom. The fourth-order valence-corrected chi connectivity index (χ4v) is 1.27. The molecule has 0 spiro atoms. The van der Waals surface area contributed by atoms with Crippen LogP contribution in [0.3, 0.4) is 0 Å². The minimum absolute atomic E-state index is 0.00553. The van der Waals surface area contributed by atoms with Crippen molar-refractivity contribution in [1.29, 1.82) is 0 Å². The Kier molecular flexibility index (Phi) is 3.84. The third kappa shape index (κ3) is 3.51. The summed E-state index contributed by atoms with van der Waals surface area (Å²) in [6.45, 7) is 3.64. The molecule has 1 heterocycles. The first-order valence-corrected chi connectivity index (χ1v) is 5.02. The van der Waals surface area contributed by atoms with E-state index in [1.54, 1.807) is 0 Å². The maximum atomic E-state index is 11.7. The molecule has 1 amide bonds. The molecule has 0 aliphatic heterocycles. The summed E-state index contributed by atoms with van der Waals surface area (Å²) in [6, 6.07) is 1.34. The Balaban J connectivity index is 2.72. The summed E-state index contributed by atoms with van der Waals surface area (Å²) in [5.74, 6) is -0.366. The molecule has 0 fully saturated rings. The molecule has 0 radical (unpaired) electrons. The number of nitrogens with zero attached hydrogens (tertiary/aromatic N) is 1. The van der Waals surface area contributed by atoms with E-state index in [0.717, 1.165) is 0 Å². The Labute approximate surface area is 94.1 Å². The van der Waals surface area contributed by atoms with Crippen molar-refractivity contribution in [3.05, 3.63) is 24.0 Å². The zero-order valence-electron chi connectivity index (χ0n) is 9.40. The van der Waals surface area contributed by atoms with E-state index in [4.69, 9.17) is 5.11 Å². The maximum Gasteiger partial charge on any atom is 0.253 e. The van der Waals surface area contributed by atoms with Crippen LogP contribution in [0.15, 0.2) is 18.5 Å². The zero-order chi connectivity index (χ0) is 12.2. The molecule has 0 aliphatic rings. The number of carbonyl (C=O) groups excluding carboxylic acids is 1. The molecule has 88 valence electrons. The number of rotatable bonds is 4. The van der Waals surface area contributed by atoms with Crippen molar-refractivity contribution < 1.29 is 15.0 Å². The summed E-state index contributed by atoms with van der Waals surface area (Å²) in [7, 11) is 0. The number of hydrogen-bond acceptors (Lipinski definition) is 4. The molecule has 0 atom stereocenters. The first kappa shape index (κ1) is 12.4. The van der Waals surface area contributed by atoms with E-state index in [-0.39, 0.29) is 18.3 Å². The average molecular weight is 224 g/mol. The van der Waals surface area contributed by atoms with Gasteiger partial charge in [-0.2, -0.15) is 0 Å². The van der Waals surface area contributed by atoms with E-state index in [0.29, 0.717) is 12.0 Å². The second-order valence-corrected chi connectivity index (χ2v) is 4.24. The molecular weight excluding hydrogens is 208 g/mol. The van der Waals surface area contributed by atoms with Crippen molar-refractivity contribution in [2.45, 2.75) is 25.8 Å². The Bertz CT molecular complexity index is 377. The van der Waals surface area contributed by atoms with Crippen LogP contribution in [0.2, 0.25) is 0 Å². The molecule has 16 heavy (non-hydrogen) atoms.